The van der Waals surface area contributed by atoms with Crippen LogP contribution in [0.15, 0.2) is 10.8 Å². The van der Waals surface area contributed by atoms with Crippen molar-refractivity contribution in [2.75, 3.05) is 0 Å². The van der Waals surface area contributed by atoms with Gasteiger partial charge in [0.1, 0.15) is 0 Å². The van der Waals surface area contributed by atoms with E-state index in [1.165, 1.54) is 11.1 Å². The summed E-state index contributed by atoms with van der Waals surface area (Å²) in [5.74, 6) is 5.47. The molecule has 1 aromatic heterocycles. The summed E-state index contributed by atoms with van der Waals surface area (Å²) in [6.07, 6.45) is 2.26. The van der Waals surface area contributed by atoms with E-state index in [9.17, 15) is 0 Å². The third-order valence-corrected chi connectivity index (χ3v) is 2.93. The molecule has 1 aromatic rings. The van der Waals surface area contributed by atoms with Crippen LogP contribution in [0.3, 0.4) is 0 Å². The Bertz CT molecular complexity index is 232. The van der Waals surface area contributed by atoms with Crippen LogP contribution in [0.25, 0.3) is 0 Å². The summed E-state index contributed by atoms with van der Waals surface area (Å²) < 4.78 is 0. The molecule has 3 N–H and O–H groups in total. The molecule has 0 saturated carbocycles. The Labute approximate surface area is 77.8 Å². The number of thiophene rings is 1. The molecule has 0 fully saturated rings. The Balaban J connectivity index is 2.72. The highest BCUT2D eigenvalue weighted by Crippen LogP contribution is 2.24. The third kappa shape index (κ3) is 2.06. The van der Waals surface area contributed by atoms with Gasteiger partial charge in [-0.15, -0.1) is 0 Å². The highest BCUT2D eigenvalue weighted by atomic mass is 32.1. The minimum Gasteiger partial charge on any atom is -0.271 e. The first-order chi connectivity index (χ1) is 5.79. The number of hydrogen-bond acceptors (Lipinski definition) is 3. The van der Waals surface area contributed by atoms with Crippen LogP contribution >= 0.6 is 11.3 Å². The van der Waals surface area contributed by atoms with E-state index < -0.39 is 0 Å². The van der Waals surface area contributed by atoms with E-state index >= 15 is 0 Å². The molecule has 0 saturated heterocycles. The van der Waals surface area contributed by atoms with Gasteiger partial charge in [0.15, 0.2) is 0 Å². The van der Waals surface area contributed by atoms with Crippen LogP contribution in [0, 0.1) is 6.92 Å². The first-order valence-corrected chi connectivity index (χ1v) is 5.22. The molecule has 1 heterocycles. The van der Waals surface area contributed by atoms with E-state index in [-0.39, 0.29) is 0 Å². The number of hydrazine groups is 1. The lowest BCUT2D eigenvalue weighted by Crippen LogP contribution is -2.27. The SMILES string of the molecule is CCCC(NN)c1cscc1C. The summed E-state index contributed by atoms with van der Waals surface area (Å²) in [7, 11) is 0. The number of nitrogens with two attached hydrogens (primary N) is 1. The van der Waals surface area contributed by atoms with Crippen LogP contribution in [0.1, 0.15) is 36.9 Å². The number of hydrogen-bond donors (Lipinski definition) is 2. The molecule has 0 radical (unpaired) electrons. The second-order valence-corrected chi connectivity index (χ2v) is 3.76. The molecule has 1 unspecified atom stereocenters. The van der Waals surface area contributed by atoms with Crippen molar-refractivity contribution < 1.29 is 0 Å². The molecule has 0 aliphatic rings. The zero-order chi connectivity index (χ0) is 8.97. The van der Waals surface area contributed by atoms with Crippen molar-refractivity contribution in [2.45, 2.75) is 32.7 Å². The summed E-state index contributed by atoms with van der Waals surface area (Å²) >= 11 is 1.74. The van der Waals surface area contributed by atoms with Gasteiger partial charge >= 0.3 is 0 Å². The molecule has 12 heavy (non-hydrogen) atoms. The average Bonchev–Trinajstić information content (AvgIpc) is 2.47. The number of nitrogens with one attached hydrogen (secondary N) is 1. The van der Waals surface area contributed by atoms with E-state index in [4.69, 9.17) is 5.84 Å². The van der Waals surface area contributed by atoms with Crippen molar-refractivity contribution >= 4 is 11.3 Å². The molecular formula is C9H16N2S. The summed E-state index contributed by atoms with van der Waals surface area (Å²) in [4.78, 5) is 0. The molecule has 0 aromatic carbocycles. The van der Waals surface area contributed by atoms with E-state index in [2.05, 4.69) is 30.0 Å². The Morgan fingerprint density at radius 3 is 2.75 bits per heavy atom. The van der Waals surface area contributed by atoms with Crippen LogP contribution in [0.4, 0.5) is 0 Å². The van der Waals surface area contributed by atoms with Gasteiger partial charge in [-0.3, -0.25) is 11.3 Å². The van der Waals surface area contributed by atoms with Crippen LogP contribution < -0.4 is 11.3 Å². The minimum absolute atomic E-state index is 0.334. The van der Waals surface area contributed by atoms with Gasteiger partial charge in [-0.05, 0) is 35.2 Å². The Kier molecular flexibility index (Phi) is 3.72. The molecule has 2 nitrogen and oxygen atoms in total. The van der Waals surface area contributed by atoms with Gasteiger partial charge in [-0.2, -0.15) is 11.3 Å². The van der Waals surface area contributed by atoms with Gasteiger partial charge in [0.2, 0.25) is 0 Å². The van der Waals surface area contributed by atoms with Gasteiger partial charge in [0.05, 0.1) is 0 Å². The lowest BCUT2D eigenvalue weighted by atomic mass is 10.0. The van der Waals surface area contributed by atoms with Crippen LogP contribution in [-0.4, -0.2) is 0 Å². The highest BCUT2D eigenvalue weighted by molar-refractivity contribution is 7.08. The maximum absolute atomic E-state index is 5.47. The van der Waals surface area contributed by atoms with Crippen LogP contribution in [0.2, 0.25) is 0 Å². The highest BCUT2D eigenvalue weighted by Gasteiger charge is 2.10. The summed E-state index contributed by atoms with van der Waals surface area (Å²) in [6.45, 7) is 4.30. The molecule has 0 aliphatic heterocycles. The maximum atomic E-state index is 5.47. The fraction of sp³-hybridized carbons (Fsp3) is 0.556. The van der Waals surface area contributed by atoms with Crippen molar-refractivity contribution in [3.8, 4) is 0 Å². The van der Waals surface area contributed by atoms with Gasteiger partial charge < -0.3 is 0 Å². The molecule has 1 rings (SSSR count). The lowest BCUT2D eigenvalue weighted by molar-refractivity contribution is 0.509. The first-order valence-electron chi connectivity index (χ1n) is 4.28. The average molecular weight is 184 g/mol. The summed E-state index contributed by atoms with van der Waals surface area (Å²) in [5, 5.41) is 4.34. The zero-order valence-corrected chi connectivity index (χ0v) is 8.45. The number of aryl methyl sites for hydroxylation is 1. The standard InChI is InChI=1S/C9H16N2S/c1-3-4-9(11-10)8-6-12-5-7(8)2/h5-6,9,11H,3-4,10H2,1-2H3. The Hall–Kier alpha value is -0.380. The van der Waals surface area contributed by atoms with Crippen LogP contribution in [0.5, 0.6) is 0 Å². The quantitative estimate of drug-likeness (QED) is 0.557. The fourth-order valence-corrected chi connectivity index (χ4v) is 2.25. The summed E-state index contributed by atoms with van der Waals surface area (Å²) in [6, 6.07) is 0.334. The predicted octanol–water partition coefficient (Wildman–Crippen LogP) is 2.36. The molecule has 0 bridgehead atoms. The minimum atomic E-state index is 0.334. The molecule has 0 amide bonds. The zero-order valence-electron chi connectivity index (χ0n) is 7.63. The first kappa shape index (κ1) is 9.71. The van der Waals surface area contributed by atoms with Gasteiger partial charge in [-0.1, -0.05) is 13.3 Å². The van der Waals surface area contributed by atoms with E-state index in [1.54, 1.807) is 11.3 Å². The topological polar surface area (TPSA) is 38.0 Å². The second kappa shape index (κ2) is 4.60. The second-order valence-electron chi connectivity index (χ2n) is 3.02. The number of rotatable bonds is 4. The largest absolute Gasteiger partial charge is 0.271 e. The van der Waals surface area contributed by atoms with E-state index in [0.717, 1.165) is 12.8 Å². The van der Waals surface area contributed by atoms with Gasteiger partial charge in [0.25, 0.3) is 0 Å². The Morgan fingerprint density at radius 1 is 1.58 bits per heavy atom. The third-order valence-electron chi connectivity index (χ3n) is 2.05. The van der Waals surface area contributed by atoms with Crippen LogP contribution in [-0.2, 0) is 0 Å². The molecule has 0 aliphatic carbocycles. The van der Waals surface area contributed by atoms with E-state index in [0.29, 0.717) is 6.04 Å². The Morgan fingerprint density at radius 2 is 2.33 bits per heavy atom. The van der Waals surface area contributed by atoms with Crippen molar-refractivity contribution in [3.05, 3.63) is 21.9 Å². The molecule has 0 spiro atoms. The van der Waals surface area contributed by atoms with Gasteiger partial charge in [0, 0.05) is 6.04 Å². The van der Waals surface area contributed by atoms with E-state index in [1.807, 2.05) is 0 Å². The molecule has 3 heteroatoms. The molecule has 1 atom stereocenters. The fourth-order valence-electron chi connectivity index (χ4n) is 1.34. The lowest BCUT2D eigenvalue weighted by Gasteiger charge is -2.14. The monoisotopic (exact) mass is 184 g/mol. The normalized spacial score (nSPS) is 13.2. The maximum Gasteiger partial charge on any atom is 0.0470 e. The van der Waals surface area contributed by atoms with Crippen molar-refractivity contribution in [1.29, 1.82) is 0 Å². The van der Waals surface area contributed by atoms with Crippen molar-refractivity contribution in [2.24, 2.45) is 5.84 Å². The van der Waals surface area contributed by atoms with Crippen molar-refractivity contribution in [3.63, 3.8) is 0 Å². The summed E-state index contributed by atoms with van der Waals surface area (Å²) in [5.41, 5.74) is 5.55. The smallest absolute Gasteiger partial charge is 0.0470 e. The van der Waals surface area contributed by atoms with Crippen molar-refractivity contribution in [1.82, 2.24) is 5.43 Å². The van der Waals surface area contributed by atoms with Gasteiger partial charge in [-0.25, -0.2) is 0 Å². The molecular weight excluding hydrogens is 168 g/mol. The molecule has 68 valence electrons. The predicted molar refractivity (Wildman–Crippen MR) is 54.0 cm³/mol.